The molecule has 0 saturated heterocycles. The van der Waals surface area contributed by atoms with Crippen molar-refractivity contribution in [2.75, 3.05) is 0 Å². The largest absolute Gasteiger partial charge is 0.508 e. The van der Waals surface area contributed by atoms with Gasteiger partial charge >= 0.3 is 3.98 Å². The van der Waals surface area contributed by atoms with E-state index in [1.807, 2.05) is 0 Å². The monoisotopic (exact) mass is 264 g/mol. The van der Waals surface area contributed by atoms with Crippen LogP contribution in [-0.4, -0.2) is 9.08 Å². The molecule has 0 aliphatic heterocycles. The van der Waals surface area contributed by atoms with Crippen molar-refractivity contribution in [2.45, 2.75) is 0 Å². The summed E-state index contributed by atoms with van der Waals surface area (Å²) in [5.41, 5.74) is 0. The highest BCUT2D eigenvalue weighted by Gasteiger charge is 1.97. The molecule has 0 aliphatic rings. The molecular weight excluding hydrogens is 259 g/mol. The highest BCUT2D eigenvalue weighted by Crippen LogP contribution is 2.16. The molecule has 11 heavy (non-hydrogen) atoms. The molecule has 0 unspecified atom stereocenters. The molecule has 0 aromatic heterocycles. The van der Waals surface area contributed by atoms with Gasteiger partial charge in [0.2, 0.25) is 0 Å². The first kappa shape index (κ1) is 8.32. The molecule has 0 heterocycles. The van der Waals surface area contributed by atoms with Crippen LogP contribution in [0.5, 0.6) is 11.5 Å². The van der Waals surface area contributed by atoms with Crippen LogP contribution in [0, 0.1) is 0 Å². The summed E-state index contributed by atoms with van der Waals surface area (Å²) >= 11 is 1.53. The topological polar surface area (TPSA) is 46.5 Å². The van der Waals surface area contributed by atoms with Gasteiger partial charge in [0.05, 0.1) is 22.6 Å². The number of halogens is 1. The van der Waals surface area contributed by atoms with Crippen molar-refractivity contribution >= 4 is 26.6 Å². The molecule has 0 radical (unpaired) electrons. The van der Waals surface area contributed by atoms with Crippen LogP contribution >= 0.6 is 22.6 Å². The predicted octanol–water partition coefficient (Wildman–Crippen LogP) is 2.33. The zero-order valence-corrected chi connectivity index (χ0v) is 7.61. The number of ether oxygens (including phenoxy) is 1. The van der Waals surface area contributed by atoms with Crippen LogP contribution in [0.15, 0.2) is 24.3 Å². The molecule has 1 aromatic carbocycles. The van der Waals surface area contributed by atoms with Crippen LogP contribution in [0.3, 0.4) is 0 Å². The maximum absolute atomic E-state index is 10.4. The third kappa shape index (κ3) is 2.75. The molecule has 4 heteroatoms. The van der Waals surface area contributed by atoms with Gasteiger partial charge in [-0.3, -0.25) is 0 Å². The predicted molar refractivity (Wildman–Crippen MR) is 48.2 cm³/mol. The lowest BCUT2D eigenvalue weighted by molar-refractivity contribution is 0.230. The Bertz CT molecular complexity index is 255. The zero-order valence-electron chi connectivity index (χ0n) is 5.45. The average molecular weight is 264 g/mol. The molecule has 0 atom stereocenters. The van der Waals surface area contributed by atoms with Crippen molar-refractivity contribution < 1.29 is 14.6 Å². The number of rotatable bonds is 1. The number of benzene rings is 1. The molecule has 1 aromatic rings. The summed E-state index contributed by atoms with van der Waals surface area (Å²) < 4.78 is 4.31. The van der Waals surface area contributed by atoms with Crippen LogP contribution in [0.4, 0.5) is 4.79 Å². The smallest absolute Gasteiger partial charge is 0.372 e. The number of carbonyl (C=O) groups excluding carboxylic acids is 1. The Morgan fingerprint density at radius 3 is 2.36 bits per heavy atom. The van der Waals surface area contributed by atoms with Gasteiger partial charge in [0.15, 0.2) is 0 Å². The number of aromatic hydroxyl groups is 1. The minimum atomic E-state index is -0.395. The maximum atomic E-state index is 10.4. The summed E-state index contributed by atoms with van der Waals surface area (Å²) in [4.78, 5) is 10.4. The van der Waals surface area contributed by atoms with Crippen molar-refractivity contribution in [3.63, 3.8) is 0 Å². The van der Waals surface area contributed by atoms with E-state index in [9.17, 15) is 4.79 Å². The second kappa shape index (κ2) is 3.56. The Labute approximate surface area is 77.1 Å². The minimum absolute atomic E-state index is 0.151. The van der Waals surface area contributed by atoms with E-state index in [0.717, 1.165) is 0 Å². The molecular formula is C7H5IO3. The lowest BCUT2D eigenvalue weighted by Crippen LogP contribution is -1.94. The summed E-state index contributed by atoms with van der Waals surface area (Å²) in [6, 6.07) is 5.95. The summed E-state index contributed by atoms with van der Waals surface area (Å²) in [5, 5.41) is 8.85. The third-order valence-corrected chi connectivity index (χ3v) is 1.26. The van der Waals surface area contributed by atoms with E-state index in [4.69, 9.17) is 9.84 Å². The second-order valence-electron chi connectivity index (χ2n) is 1.83. The minimum Gasteiger partial charge on any atom is -0.508 e. The lowest BCUT2D eigenvalue weighted by atomic mass is 10.3. The molecule has 0 fully saturated rings. The molecule has 1 rings (SSSR count). The molecule has 0 saturated carbocycles. The van der Waals surface area contributed by atoms with Gasteiger partial charge in [-0.2, -0.15) is 0 Å². The van der Waals surface area contributed by atoms with Crippen molar-refractivity contribution in [3.05, 3.63) is 24.3 Å². The van der Waals surface area contributed by atoms with E-state index in [1.54, 1.807) is 0 Å². The summed E-state index contributed by atoms with van der Waals surface area (Å²) in [6.45, 7) is 0. The van der Waals surface area contributed by atoms with Gasteiger partial charge in [0, 0.05) is 0 Å². The average Bonchev–Trinajstić information content (AvgIpc) is 1.93. The molecule has 0 spiro atoms. The number of carbonyl (C=O) groups is 1. The van der Waals surface area contributed by atoms with Gasteiger partial charge < -0.3 is 9.84 Å². The Morgan fingerprint density at radius 1 is 1.36 bits per heavy atom. The molecule has 0 amide bonds. The lowest BCUT2D eigenvalue weighted by Gasteiger charge is -1.98. The highest BCUT2D eigenvalue weighted by atomic mass is 127. The number of hydrogen-bond donors (Lipinski definition) is 1. The fourth-order valence-corrected chi connectivity index (χ4v) is 0.861. The van der Waals surface area contributed by atoms with Crippen LogP contribution in [-0.2, 0) is 0 Å². The third-order valence-electron chi connectivity index (χ3n) is 1.03. The van der Waals surface area contributed by atoms with E-state index in [0.29, 0.717) is 5.75 Å². The van der Waals surface area contributed by atoms with E-state index in [1.165, 1.54) is 46.9 Å². The van der Waals surface area contributed by atoms with Gasteiger partial charge in [-0.25, -0.2) is 4.79 Å². The van der Waals surface area contributed by atoms with Gasteiger partial charge in [-0.1, -0.05) is 0 Å². The van der Waals surface area contributed by atoms with Crippen LogP contribution in [0.2, 0.25) is 0 Å². The van der Waals surface area contributed by atoms with Crippen LogP contribution in [0.25, 0.3) is 0 Å². The van der Waals surface area contributed by atoms with Crippen molar-refractivity contribution in [3.8, 4) is 11.5 Å². The van der Waals surface area contributed by atoms with Crippen LogP contribution < -0.4 is 4.74 Å². The Balaban J connectivity index is 2.74. The van der Waals surface area contributed by atoms with Crippen molar-refractivity contribution in [1.82, 2.24) is 0 Å². The number of phenols is 1. The van der Waals surface area contributed by atoms with E-state index in [-0.39, 0.29) is 5.75 Å². The first-order valence-corrected chi connectivity index (χ1v) is 3.93. The first-order valence-electron chi connectivity index (χ1n) is 2.85. The van der Waals surface area contributed by atoms with Crippen LogP contribution in [0.1, 0.15) is 0 Å². The second-order valence-corrected chi connectivity index (χ2v) is 2.71. The molecule has 3 nitrogen and oxygen atoms in total. The van der Waals surface area contributed by atoms with Gasteiger partial charge in [0.1, 0.15) is 11.5 Å². The van der Waals surface area contributed by atoms with Gasteiger partial charge in [0.25, 0.3) is 0 Å². The first-order chi connectivity index (χ1) is 5.18. The van der Waals surface area contributed by atoms with Crippen molar-refractivity contribution in [1.29, 1.82) is 0 Å². The molecule has 0 bridgehead atoms. The Hall–Kier alpha value is -0.780. The van der Waals surface area contributed by atoms with E-state index < -0.39 is 3.98 Å². The summed E-state index contributed by atoms with van der Waals surface area (Å²) in [5.74, 6) is 0.584. The fraction of sp³-hybridized carbons (Fsp3) is 0. The highest BCUT2D eigenvalue weighted by molar-refractivity contribution is 14.1. The Kier molecular flexibility index (Phi) is 2.70. The normalized spacial score (nSPS) is 9.18. The SMILES string of the molecule is O=C(I)Oc1ccc(O)cc1. The number of hydrogen-bond acceptors (Lipinski definition) is 3. The molecule has 58 valence electrons. The van der Waals surface area contributed by atoms with E-state index >= 15 is 0 Å². The Morgan fingerprint density at radius 2 is 1.91 bits per heavy atom. The molecule has 1 N–H and O–H groups in total. The standard InChI is InChI=1S/C7H5IO3/c8-7(10)11-6-3-1-5(9)2-4-6/h1-4,9H. The number of phenolic OH excluding ortho intramolecular Hbond substituents is 1. The summed E-state index contributed by atoms with van der Waals surface area (Å²) in [6.07, 6.45) is 0. The zero-order chi connectivity index (χ0) is 8.27. The fourth-order valence-electron chi connectivity index (χ4n) is 0.607. The van der Waals surface area contributed by atoms with E-state index in [2.05, 4.69) is 0 Å². The van der Waals surface area contributed by atoms with Gasteiger partial charge in [-0.15, -0.1) is 0 Å². The van der Waals surface area contributed by atoms with Gasteiger partial charge in [-0.05, 0) is 24.3 Å². The maximum Gasteiger partial charge on any atom is 0.372 e. The quantitative estimate of drug-likeness (QED) is 0.625. The summed E-state index contributed by atoms with van der Waals surface area (Å²) in [7, 11) is 0. The molecule has 0 aliphatic carbocycles. The van der Waals surface area contributed by atoms with Crippen molar-refractivity contribution in [2.24, 2.45) is 0 Å².